The standard InChI is InChI=1S/C50H39BN2O2/c1-48(2)49(3,4)55-51(54-48)35-25-29-40-38-17-9-11-19-42(38)50(44(40)31-35)41-18-10-8-16-37(41)39-28-24-34(30-43(39)50)32-22-26-36(27-23-32)53-46-21-13-12-20-45(46)52-47(53)33-14-6-5-7-15-33/h5-31H,1-4H3. The number of nitrogens with zero attached hydrogens (tertiary/aromatic N) is 2. The molecular formula is C50H39BN2O2. The number of fused-ring (bicyclic) bond motifs is 11. The first kappa shape index (κ1) is 32.4. The molecule has 1 aromatic heterocycles. The van der Waals surface area contributed by atoms with E-state index in [4.69, 9.17) is 14.3 Å². The lowest BCUT2D eigenvalue weighted by atomic mass is 9.68. The lowest BCUT2D eigenvalue weighted by Gasteiger charge is -2.32. The third kappa shape index (κ3) is 4.51. The van der Waals surface area contributed by atoms with E-state index in [1.165, 1.54) is 55.6 Å². The summed E-state index contributed by atoms with van der Waals surface area (Å²) in [4.78, 5) is 5.07. The summed E-state index contributed by atoms with van der Waals surface area (Å²) in [6.45, 7) is 8.48. The second-order valence-corrected chi connectivity index (χ2v) is 16.2. The highest BCUT2D eigenvalue weighted by atomic mass is 16.7. The highest BCUT2D eigenvalue weighted by Gasteiger charge is 2.54. The molecule has 5 heteroatoms. The third-order valence-corrected chi connectivity index (χ3v) is 12.7. The minimum absolute atomic E-state index is 0.428. The first-order valence-electron chi connectivity index (χ1n) is 19.2. The highest BCUT2D eigenvalue weighted by Crippen LogP contribution is 2.63. The number of aromatic nitrogens is 2. The maximum absolute atomic E-state index is 6.62. The molecule has 55 heavy (non-hydrogen) atoms. The van der Waals surface area contributed by atoms with Gasteiger partial charge in [-0.05, 0) is 119 Å². The number of imidazole rings is 1. The van der Waals surface area contributed by atoms with Gasteiger partial charge in [-0.15, -0.1) is 0 Å². The molecule has 264 valence electrons. The molecule has 1 atom stereocenters. The predicted octanol–water partition coefficient (Wildman–Crippen LogP) is 11.0. The first-order chi connectivity index (χ1) is 26.7. The number of para-hydroxylation sites is 2. The molecule has 4 nitrogen and oxygen atoms in total. The number of benzene rings is 7. The quantitative estimate of drug-likeness (QED) is 0.171. The monoisotopic (exact) mass is 710 g/mol. The van der Waals surface area contributed by atoms with Crippen LogP contribution in [0.2, 0.25) is 0 Å². The largest absolute Gasteiger partial charge is 0.494 e. The van der Waals surface area contributed by atoms with Gasteiger partial charge in [-0.1, -0.05) is 133 Å². The van der Waals surface area contributed by atoms with Gasteiger partial charge in [-0.2, -0.15) is 0 Å². The molecule has 0 N–H and O–H groups in total. The lowest BCUT2D eigenvalue weighted by molar-refractivity contribution is 0.00578. The molecule has 2 heterocycles. The maximum atomic E-state index is 6.62. The van der Waals surface area contributed by atoms with Crippen molar-refractivity contribution in [2.75, 3.05) is 0 Å². The van der Waals surface area contributed by atoms with Crippen molar-refractivity contribution < 1.29 is 9.31 Å². The molecule has 11 rings (SSSR count). The van der Waals surface area contributed by atoms with Crippen LogP contribution in [-0.2, 0) is 14.7 Å². The van der Waals surface area contributed by atoms with Crippen molar-refractivity contribution >= 4 is 23.6 Å². The Morgan fingerprint density at radius 3 is 1.71 bits per heavy atom. The van der Waals surface area contributed by atoms with E-state index in [9.17, 15) is 0 Å². The molecule has 1 saturated heterocycles. The van der Waals surface area contributed by atoms with Gasteiger partial charge in [0.15, 0.2) is 0 Å². The molecule has 3 aliphatic rings. The van der Waals surface area contributed by atoms with Gasteiger partial charge in [0, 0.05) is 11.3 Å². The first-order valence-corrected chi connectivity index (χ1v) is 19.2. The summed E-state index contributed by atoms with van der Waals surface area (Å²) in [6.07, 6.45) is 0. The van der Waals surface area contributed by atoms with Crippen molar-refractivity contribution in [2.45, 2.75) is 44.3 Å². The van der Waals surface area contributed by atoms with E-state index in [2.05, 4.69) is 190 Å². The van der Waals surface area contributed by atoms with Gasteiger partial charge in [-0.25, -0.2) is 4.98 Å². The van der Waals surface area contributed by atoms with Crippen molar-refractivity contribution in [1.82, 2.24) is 9.55 Å². The Labute approximate surface area is 322 Å². The Morgan fingerprint density at radius 2 is 1.02 bits per heavy atom. The second kappa shape index (κ2) is 11.5. The summed E-state index contributed by atoms with van der Waals surface area (Å²) in [7, 11) is -0.452. The lowest BCUT2D eigenvalue weighted by Crippen LogP contribution is -2.41. The Morgan fingerprint density at radius 1 is 0.473 bits per heavy atom. The molecule has 1 aliphatic heterocycles. The molecular weight excluding hydrogens is 671 g/mol. The van der Waals surface area contributed by atoms with Crippen LogP contribution in [0.3, 0.4) is 0 Å². The molecule has 0 radical (unpaired) electrons. The van der Waals surface area contributed by atoms with E-state index >= 15 is 0 Å². The van der Waals surface area contributed by atoms with Crippen LogP contribution in [-0.4, -0.2) is 27.9 Å². The van der Waals surface area contributed by atoms with Crippen molar-refractivity contribution in [3.05, 3.63) is 186 Å². The second-order valence-electron chi connectivity index (χ2n) is 16.2. The van der Waals surface area contributed by atoms with Crippen LogP contribution in [0.25, 0.3) is 61.5 Å². The van der Waals surface area contributed by atoms with Crippen molar-refractivity contribution in [1.29, 1.82) is 0 Å². The molecule has 2 aliphatic carbocycles. The Hall–Kier alpha value is -6.01. The van der Waals surface area contributed by atoms with Crippen LogP contribution < -0.4 is 5.46 Å². The average molecular weight is 711 g/mol. The van der Waals surface area contributed by atoms with E-state index in [-0.39, 0.29) is 0 Å². The van der Waals surface area contributed by atoms with Crippen LogP contribution in [0, 0.1) is 0 Å². The van der Waals surface area contributed by atoms with Gasteiger partial charge >= 0.3 is 7.12 Å². The Bertz CT molecular complexity index is 2810. The maximum Gasteiger partial charge on any atom is 0.494 e. The fourth-order valence-electron chi connectivity index (χ4n) is 9.33. The fourth-order valence-corrected chi connectivity index (χ4v) is 9.33. The SMILES string of the molecule is CC1(C)OB(c2ccc3c(c2)C2(c4ccccc4-3)c3ccccc3-c3ccc(-c4ccc(-n5c(-c6ccccc6)nc6ccccc65)cc4)cc32)OC1(C)C. The van der Waals surface area contributed by atoms with Crippen molar-refractivity contribution in [2.24, 2.45) is 0 Å². The smallest absolute Gasteiger partial charge is 0.399 e. The molecule has 1 fully saturated rings. The predicted molar refractivity (Wildman–Crippen MR) is 224 cm³/mol. The zero-order chi connectivity index (χ0) is 37.1. The van der Waals surface area contributed by atoms with Gasteiger partial charge in [0.05, 0.1) is 27.7 Å². The summed E-state index contributed by atoms with van der Waals surface area (Å²) < 4.78 is 15.5. The van der Waals surface area contributed by atoms with Gasteiger partial charge in [0.1, 0.15) is 5.82 Å². The zero-order valence-electron chi connectivity index (χ0n) is 31.4. The van der Waals surface area contributed by atoms with Crippen LogP contribution in [0.4, 0.5) is 0 Å². The summed E-state index contributed by atoms with van der Waals surface area (Å²) in [5.74, 6) is 0.935. The molecule has 7 aromatic carbocycles. The van der Waals surface area contributed by atoms with Gasteiger partial charge in [-0.3, -0.25) is 4.57 Å². The van der Waals surface area contributed by atoms with Gasteiger partial charge in [0.25, 0.3) is 0 Å². The summed E-state index contributed by atoms with van der Waals surface area (Å²) in [5.41, 5.74) is 16.6. The Balaban J connectivity index is 1.07. The minimum Gasteiger partial charge on any atom is -0.399 e. The van der Waals surface area contributed by atoms with Crippen molar-refractivity contribution in [3.8, 4) is 50.5 Å². The fraction of sp³-hybridized carbons (Fsp3) is 0.140. The summed E-state index contributed by atoms with van der Waals surface area (Å²) in [6, 6.07) is 59.6. The van der Waals surface area contributed by atoms with Crippen LogP contribution >= 0.6 is 0 Å². The van der Waals surface area contributed by atoms with Crippen LogP contribution in [0.5, 0.6) is 0 Å². The molecule has 8 aromatic rings. The zero-order valence-corrected chi connectivity index (χ0v) is 31.4. The summed E-state index contributed by atoms with van der Waals surface area (Å²) >= 11 is 0. The van der Waals surface area contributed by atoms with E-state index < -0.39 is 23.7 Å². The van der Waals surface area contributed by atoms with E-state index in [0.717, 1.165) is 33.6 Å². The van der Waals surface area contributed by atoms with E-state index in [1.54, 1.807) is 0 Å². The Kier molecular flexibility index (Phi) is 6.78. The minimum atomic E-state index is -0.492. The topological polar surface area (TPSA) is 36.3 Å². The molecule has 1 unspecified atom stereocenters. The van der Waals surface area contributed by atoms with Crippen molar-refractivity contribution in [3.63, 3.8) is 0 Å². The molecule has 0 amide bonds. The molecule has 1 spiro atoms. The average Bonchev–Trinajstić information content (AvgIpc) is 3.90. The molecule has 0 bridgehead atoms. The third-order valence-electron chi connectivity index (χ3n) is 12.7. The van der Waals surface area contributed by atoms with E-state index in [1.807, 2.05) is 6.07 Å². The summed E-state index contributed by atoms with van der Waals surface area (Å²) in [5, 5.41) is 0. The van der Waals surface area contributed by atoms with Gasteiger partial charge < -0.3 is 9.31 Å². The number of hydrogen-bond donors (Lipinski definition) is 0. The normalized spacial score (nSPS) is 18.4. The highest BCUT2D eigenvalue weighted by molar-refractivity contribution is 6.62. The molecule has 0 saturated carbocycles. The van der Waals surface area contributed by atoms with Crippen LogP contribution in [0.15, 0.2) is 164 Å². The number of hydrogen-bond acceptors (Lipinski definition) is 3. The van der Waals surface area contributed by atoms with Gasteiger partial charge in [0.2, 0.25) is 0 Å². The van der Waals surface area contributed by atoms with Crippen LogP contribution in [0.1, 0.15) is 49.9 Å². The number of rotatable bonds is 4. The van der Waals surface area contributed by atoms with E-state index in [0.29, 0.717) is 0 Å².